The summed E-state index contributed by atoms with van der Waals surface area (Å²) in [5.74, 6) is 0.277. The molecule has 0 radical (unpaired) electrons. The van der Waals surface area contributed by atoms with Crippen molar-refractivity contribution < 1.29 is 14.3 Å². The van der Waals surface area contributed by atoms with Gasteiger partial charge >= 0.3 is 0 Å². The van der Waals surface area contributed by atoms with E-state index in [0.29, 0.717) is 16.3 Å². The van der Waals surface area contributed by atoms with Gasteiger partial charge in [0.2, 0.25) is 5.91 Å². The number of nitrogens with one attached hydrogen (secondary N) is 1. The molecule has 1 aromatic carbocycles. The summed E-state index contributed by atoms with van der Waals surface area (Å²) in [6.07, 6.45) is 3.58. The summed E-state index contributed by atoms with van der Waals surface area (Å²) < 4.78 is 5.06. The standard InChI is InChI=1S/C15H14ClNO3/c16-13-6-2-1-5-12(13)14(18)10-17-15(19)8-7-11-4-3-9-20-11/h1-9,14,18H,10H2,(H,17,19)/b8-7+. The number of halogens is 1. The van der Waals surface area contributed by atoms with Gasteiger partial charge in [-0.05, 0) is 24.3 Å². The SMILES string of the molecule is O=C(/C=C/c1ccco1)NCC(O)c1ccccc1Cl. The van der Waals surface area contributed by atoms with Gasteiger partial charge in [-0.25, -0.2) is 0 Å². The highest BCUT2D eigenvalue weighted by atomic mass is 35.5. The fourth-order valence-corrected chi connectivity index (χ4v) is 1.92. The zero-order valence-corrected chi connectivity index (χ0v) is 11.4. The van der Waals surface area contributed by atoms with Crippen LogP contribution in [0.4, 0.5) is 0 Å². The quantitative estimate of drug-likeness (QED) is 0.833. The summed E-state index contributed by atoms with van der Waals surface area (Å²) in [5, 5.41) is 13.0. The lowest BCUT2D eigenvalue weighted by atomic mass is 10.1. The van der Waals surface area contributed by atoms with Gasteiger partial charge in [0, 0.05) is 23.2 Å². The van der Waals surface area contributed by atoms with Crippen molar-refractivity contribution in [3.05, 3.63) is 65.1 Å². The number of hydrogen-bond donors (Lipinski definition) is 2. The number of rotatable bonds is 5. The highest BCUT2D eigenvalue weighted by molar-refractivity contribution is 6.31. The largest absolute Gasteiger partial charge is 0.465 e. The number of aliphatic hydroxyl groups excluding tert-OH is 1. The molecule has 0 fully saturated rings. The average Bonchev–Trinajstić information content (AvgIpc) is 2.96. The van der Waals surface area contributed by atoms with Crippen molar-refractivity contribution >= 4 is 23.6 Å². The van der Waals surface area contributed by atoms with Crippen LogP contribution >= 0.6 is 11.6 Å². The normalized spacial score (nSPS) is 12.5. The molecule has 0 spiro atoms. The monoisotopic (exact) mass is 291 g/mol. The van der Waals surface area contributed by atoms with Crippen LogP contribution in [0, 0.1) is 0 Å². The Labute approximate surface area is 121 Å². The fraction of sp³-hybridized carbons (Fsp3) is 0.133. The lowest BCUT2D eigenvalue weighted by Gasteiger charge is -2.12. The first-order chi connectivity index (χ1) is 9.66. The molecule has 2 rings (SSSR count). The first kappa shape index (κ1) is 14.4. The summed E-state index contributed by atoms with van der Waals surface area (Å²) in [6, 6.07) is 10.4. The average molecular weight is 292 g/mol. The maximum absolute atomic E-state index is 11.6. The van der Waals surface area contributed by atoms with Crippen molar-refractivity contribution in [3.63, 3.8) is 0 Å². The van der Waals surface area contributed by atoms with E-state index in [1.54, 1.807) is 42.5 Å². The molecular formula is C15H14ClNO3. The van der Waals surface area contributed by atoms with Gasteiger partial charge in [0.25, 0.3) is 0 Å². The lowest BCUT2D eigenvalue weighted by molar-refractivity contribution is -0.116. The lowest BCUT2D eigenvalue weighted by Crippen LogP contribution is -2.26. The van der Waals surface area contributed by atoms with Crippen LogP contribution < -0.4 is 5.32 Å². The summed E-state index contributed by atoms with van der Waals surface area (Å²) in [5.41, 5.74) is 0.587. The molecule has 0 saturated carbocycles. The molecule has 1 amide bonds. The molecule has 0 saturated heterocycles. The fourth-order valence-electron chi connectivity index (χ4n) is 1.66. The van der Waals surface area contributed by atoms with Crippen molar-refractivity contribution in [2.75, 3.05) is 6.54 Å². The molecule has 0 aliphatic rings. The summed E-state index contributed by atoms with van der Waals surface area (Å²) in [7, 11) is 0. The van der Waals surface area contributed by atoms with Crippen LogP contribution in [0.15, 0.2) is 53.2 Å². The van der Waals surface area contributed by atoms with Gasteiger partial charge in [-0.2, -0.15) is 0 Å². The zero-order chi connectivity index (χ0) is 14.4. The number of amides is 1. The van der Waals surface area contributed by atoms with Gasteiger partial charge < -0.3 is 14.8 Å². The van der Waals surface area contributed by atoms with E-state index in [0.717, 1.165) is 0 Å². The second-order valence-electron chi connectivity index (χ2n) is 4.13. The number of carbonyl (C=O) groups is 1. The summed E-state index contributed by atoms with van der Waals surface area (Å²) in [6.45, 7) is 0.0884. The van der Waals surface area contributed by atoms with Crippen molar-refractivity contribution in [2.24, 2.45) is 0 Å². The number of hydrogen-bond acceptors (Lipinski definition) is 3. The van der Waals surface area contributed by atoms with E-state index in [1.165, 1.54) is 12.3 Å². The highest BCUT2D eigenvalue weighted by Crippen LogP contribution is 2.21. The minimum absolute atomic E-state index is 0.0884. The molecule has 1 aromatic heterocycles. The van der Waals surface area contributed by atoms with Gasteiger partial charge in [-0.15, -0.1) is 0 Å². The maximum Gasteiger partial charge on any atom is 0.244 e. The Morgan fingerprint density at radius 3 is 2.85 bits per heavy atom. The second-order valence-corrected chi connectivity index (χ2v) is 4.54. The molecular weight excluding hydrogens is 278 g/mol. The van der Waals surface area contributed by atoms with E-state index in [4.69, 9.17) is 16.0 Å². The van der Waals surface area contributed by atoms with Crippen LogP contribution in [0.2, 0.25) is 5.02 Å². The molecule has 1 unspecified atom stereocenters. The molecule has 1 heterocycles. The minimum atomic E-state index is -0.843. The van der Waals surface area contributed by atoms with E-state index in [2.05, 4.69) is 5.32 Å². The predicted molar refractivity (Wildman–Crippen MR) is 77.2 cm³/mol. The van der Waals surface area contributed by atoms with E-state index in [-0.39, 0.29) is 12.5 Å². The van der Waals surface area contributed by atoms with E-state index < -0.39 is 6.10 Å². The second kappa shape index (κ2) is 6.93. The number of aliphatic hydroxyl groups is 1. The first-order valence-electron chi connectivity index (χ1n) is 6.08. The Morgan fingerprint density at radius 1 is 1.35 bits per heavy atom. The van der Waals surface area contributed by atoms with Gasteiger partial charge in [0.15, 0.2) is 0 Å². The van der Waals surface area contributed by atoms with Crippen molar-refractivity contribution in [1.29, 1.82) is 0 Å². The molecule has 2 aromatic rings. The molecule has 0 aliphatic heterocycles. The molecule has 0 bridgehead atoms. The van der Waals surface area contributed by atoms with E-state index >= 15 is 0 Å². The highest BCUT2D eigenvalue weighted by Gasteiger charge is 2.11. The Hall–Kier alpha value is -2.04. The minimum Gasteiger partial charge on any atom is -0.465 e. The Morgan fingerprint density at radius 2 is 2.15 bits per heavy atom. The van der Waals surface area contributed by atoms with Crippen LogP contribution in [0.25, 0.3) is 6.08 Å². The topological polar surface area (TPSA) is 62.5 Å². The van der Waals surface area contributed by atoms with Crippen molar-refractivity contribution in [3.8, 4) is 0 Å². The number of carbonyl (C=O) groups excluding carboxylic acids is 1. The van der Waals surface area contributed by atoms with Gasteiger partial charge in [0.1, 0.15) is 5.76 Å². The van der Waals surface area contributed by atoms with Gasteiger partial charge in [0.05, 0.1) is 12.4 Å². The maximum atomic E-state index is 11.6. The van der Waals surface area contributed by atoms with Crippen LogP contribution in [0.5, 0.6) is 0 Å². The number of furan rings is 1. The van der Waals surface area contributed by atoms with Crippen LogP contribution in [-0.4, -0.2) is 17.6 Å². The summed E-state index contributed by atoms with van der Waals surface area (Å²) in [4.78, 5) is 11.6. The molecule has 20 heavy (non-hydrogen) atoms. The predicted octanol–water partition coefficient (Wildman–Crippen LogP) is 2.80. The Balaban J connectivity index is 1.86. The van der Waals surface area contributed by atoms with Crippen LogP contribution in [-0.2, 0) is 4.79 Å². The van der Waals surface area contributed by atoms with Crippen LogP contribution in [0.3, 0.4) is 0 Å². The molecule has 5 heteroatoms. The molecule has 0 aliphatic carbocycles. The molecule has 2 N–H and O–H groups in total. The zero-order valence-electron chi connectivity index (χ0n) is 10.6. The smallest absolute Gasteiger partial charge is 0.244 e. The Kier molecular flexibility index (Phi) is 4.98. The summed E-state index contributed by atoms with van der Waals surface area (Å²) >= 11 is 5.96. The third-order valence-corrected chi connectivity index (χ3v) is 3.02. The number of benzene rings is 1. The van der Waals surface area contributed by atoms with Crippen molar-refractivity contribution in [2.45, 2.75) is 6.10 Å². The van der Waals surface area contributed by atoms with Crippen LogP contribution in [0.1, 0.15) is 17.4 Å². The Bertz CT molecular complexity index is 593. The molecule has 4 nitrogen and oxygen atoms in total. The third-order valence-electron chi connectivity index (χ3n) is 2.68. The molecule has 1 atom stereocenters. The van der Waals surface area contributed by atoms with Gasteiger partial charge in [-0.1, -0.05) is 29.8 Å². The van der Waals surface area contributed by atoms with E-state index in [1.807, 2.05) is 0 Å². The van der Waals surface area contributed by atoms with Gasteiger partial charge in [-0.3, -0.25) is 4.79 Å². The first-order valence-corrected chi connectivity index (χ1v) is 6.46. The third kappa shape index (κ3) is 3.98. The van der Waals surface area contributed by atoms with Crippen molar-refractivity contribution in [1.82, 2.24) is 5.32 Å². The van der Waals surface area contributed by atoms with E-state index in [9.17, 15) is 9.90 Å². The molecule has 104 valence electrons.